The molecule has 0 aromatic carbocycles. The zero-order chi connectivity index (χ0) is 14.7. The summed E-state index contributed by atoms with van der Waals surface area (Å²) in [6.07, 6.45) is 7.03. The van der Waals surface area contributed by atoms with Crippen molar-refractivity contribution in [3.8, 4) is 5.88 Å². The highest BCUT2D eigenvalue weighted by Gasteiger charge is 2.23. The second-order valence-electron chi connectivity index (χ2n) is 5.03. The molecule has 0 aliphatic carbocycles. The van der Waals surface area contributed by atoms with Crippen LogP contribution in [0.15, 0.2) is 30.7 Å². The van der Waals surface area contributed by atoms with Gasteiger partial charge in [-0.3, -0.25) is 4.79 Å². The van der Waals surface area contributed by atoms with E-state index in [9.17, 15) is 4.79 Å². The topological polar surface area (TPSA) is 69.0 Å². The van der Waals surface area contributed by atoms with Crippen molar-refractivity contribution < 1.29 is 9.53 Å². The maximum Gasteiger partial charge on any atom is 0.243 e. The first kappa shape index (κ1) is 13.8. The first-order valence-corrected chi connectivity index (χ1v) is 7.08. The highest BCUT2D eigenvalue weighted by atomic mass is 16.5. The molecule has 1 N–H and O–H groups in total. The Morgan fingerprint density at radius 3 is 2.86 bits per heavy atom. The van der Waals surface area contributed by atoms with Crippen molar-refractivity contribution in [2.75, 3.05) is 20.2 Å². The summed E-state index contributed by atoms with van der Waals surface area (Å²) < 4.78 is 7.19. The lowest BCUT2D eigenvalue weighted by Gasteiger charge is -2.25. The first-order valence-electron chi connectivity index (χ1n) is 7.08. The molecule has 1 fully saturated rings. The van der Waals surface area contributed by atoms with Crippen molar-refractivity contribution in [1.82, 2.24) is 19.9 Å². The van der Waals surface area contributed by atoms with Crippen molar-refractivity contribution in [3.63, 3.8) is 0 Å². The molecule has 0 radical (unpaired) electrons. The van der Waals surface area contributed by atoms with Gasteiger partial charge in [0.15, 0.2) is 5.69 Å². The number of carbonyl (C=O) groups excluding carboxylic acids is 1. The average molecular weight is 286 g/mol. The van der Waals surface area contributed by atoms with E-state index in [-0.39, 0.29) is 17.4 Å². The molecule has 1 aliphatic heterocycles. The van der Waals surface area contributed by atoms with Crippen molar-refractivity contribution in [1.29, 1.82) is 0 Å². The highest BCUT2D eigenvalue weighted by molar-refractivity contribution is 6.08. The van der Waals surface area contributed by atoms with E-state index in [0.29, 0.717) is 11.7 Å². The Labute approximate surface area is 123 Å². The smallest absolute Gasteiger partial charge is 0.243 e. The van der Waals surface area contributed by atoms with Crippen molar-refractivity contribution >= 4 is 5.78 Å². The maximum absolute atomic E-state index is 12.7. The number of ether oxygens (including phenoxy) is 1. The summed E-state index contributed by atoms with van der Waals surface area (Å²) in [4.78, 5) is 20.9. The van der Waals surface area contributed by atoms with Crippen molar-refractivity contribution in [3.05, 3.63) is 42.1 Å². The Balaban J connectivity index is 1.93. The van der Waals surface area contributed by atoms with Crippen molar-refractivity contribution in [2.24, 2.45) is 0 Å². The predicted octanol–water partition coefficient (Wildman–Crippen LogP) is 1.44. The van der Waals surface area contributed by atoms with Gasteiger partial charge in [-0.2, -0.15) is 0 Å². The summed E-state index contributed by atoms with van der Waals surface area (Å²) >= 11 is 0. The van der Waals surface area contributed by atoms with Gasteiger partial charge in [0.2, 0.25) is 11.7 Å². The lowest BCUT2D eigenvalue weighted by Crippen LogP contribution is -2.30. The van der Waals surface area contributed by atoms with Crippen LogP contribution < -0.4 is 10.1 Å². The van der Waals surface area contributed by atoms with Gasteiger partial charge in [-0.15, -0.1) is 0 Å². The lowest BCUT2D eigenvalue weighted by atomic mass is 10.1. The molecule has 0 bridgehead atoms. The van der Waals surface area contributed by atoms with Gasteiger partial charge in [-0.1, -0.05) is 0 Å². The number of hydrogen-bond donors (Lipinski definition) is 1. The number of aromatic nitrogens is 3. The fraction of sp³-hybridized carbons (Fsp3) is 0.400. The molecular formula is C15H18N4O2. The molecule has 0 amide bonds. The third kappa shape index (κ3) is 2.67. The molecular weight excluding hydrogens is 268 g/mol. The Kier molecular flexibility index (Phi) is 3.96. The molecule has 0 atom stereocenters. The van der Waals surface area contributed by atoms with Crippen molar-refractivity contribution in [2.45, 2.75) is 18.9 Å². The molecule has 1 aliphatic rings. The van der Waals surface area contributed by atoms with E-state index in [1.165, 1.54) is 19.5 Å². The minimum atomic E-state index is -0.150. The number of methoxy groups -OCH3 is 1. The minimum Gasteiger partial charge on any atom is -0.479 e. The van der Waals surface area contributed by atoms with Gasteiger partial charge in [0.05, 0.1) is 12.8 Å². The van der Waals surface area contributed by atoms with E-state index in [1.54, 1.807) is 0 Å². The second kappa shape index (κ2) is 6.05. The molecule has 2 aromatic rings. The second-order valence-corrected chi connectivity index (χ2v) is 5.03. The number of nitrogens with one attached hydrogen (secondary N) is 1. The van der Waals surface area contributed by atoms with E-state index < -0.39 is 0 Å². The molecule has 0 saturated carbocycles. The van der Waals surface area contributed by atoms with Crippen LogP contribution in [-0.4, -0.2) is 40.5 Å². The molecule has 21 heavy (non-hydrogen) atoms. The summed E-state index contributed by atoms with van der Waals surface area (Å²) in [6, 6.07) is 4.08. The number of hydrogen-bond acceptors (Lipinski definition) is 5. The van der Waals surface area contributed by atoms with Gasteiger partial charge < -0.3 is 14.6 Å². The molecule has 3 heterocycles. The number of rotatable bonds is 4. The number of nitrogens with zero attached hydrogens (tertiary/aromatic N) is 3. The molecule has 0 unspecified atom stereocenters. The maximum atomic E-state index is 12.7. The van der Waals surface area contributed by atoms with Crippen LogP contribution in [0, 0.1) is 0 Å². The monoisotopic (exact) mass is 286 g/mol. The van der Waals surface area contributed by atoms with Crippen LogP contribution in [0.1, 0.15) is 35.1 Å². The minimum absolute atomic E-state index is 0.150. The molecule has 3 rings (SSSR count). The Bertz CT molecular complexity index is 632. The molecule has 6 nitrogen and oxygen atoms in total. The van der Waals surface area contributed by atoms with Gasteiger partial charge in [-0.25, -0.2) is 9.97 Å². The predicted molar refractivity (Wildman–Crippen MR) is 77.6 cm³/mol. The van der Waals surface area contributed by atoms with Crippen LogP contribution in [0.3, 0.4) is 0 Å². The van der Waals surface area contributed by atoms with Gasteiger partial charge in [0.1, 0.15) is 0 Å². The van der Waals surface area contributed by atoms with E-state index in [4.69, 9.17) is 4.74 Å². The quantitative estimate of drug-likeness (QED) is 0.861. The third-order valence-corrected chi connectivity index (χ3v) is 3.79. The van der Waals surface area contributed by atoms with Gasteiger partial charge in [0.25, 0.3) is 0 Å². The van der Waals surface area contributed by atoms with Crippen LogP contribution >= 0.6 is 0 Å². The van der Waals surface area contributed by atoms with Crippen LogP contribution in [0.25, 0.3) is 0 Å². The first-order chi connectivity index (χ1) is 10.3. The number of ketones is 1. The largest absolute Gasteiger partial charge is 0.479 e. The SMILES string of the molecule is COc1nccnc1C(=O)c1cccn1C1CCNCC1. The van der Waals surface area contributed by atoms with E-state index >= 15 is 0 Å². The fourth-order valence-electron chi connectivity index (χ4n) is 2.74. The van der Waals surface area contributed by atoms with E-state index in [1.807, 2.05) is 18.3 Å². The summed E-state index contributed by atoms with van der Waals surface area (Å²) in [5.41, 5.74) is 0.898. The van der Waals surface area contributed by atoms with E-state index in [2.05, 4.69) is 19.9 Å². The van der Waals surface area contributed by atoms with Crippen LogP contribution in [0.2, 0.25) is 0 Å². The fourth-order valence-corrected chi connectivity index (χ4v) is 2.74. The van der Waals surface area contributed by atoms with Gasteiger partial charge >= 0.3 is 0 Å². The summed E-state index contributed by atoms with van der Waals surface area (Å²) in [5.74, 6) is 0.115. The molecule has 110 valence electrons. The lowest BCUT2D eigenvalue weighted by molar-refractivity contribution is 0.101. The van der Waals surface area contributed by atoms with Gasteiger partial charge in [-0.05, 0) is 38.1 Å². The molecule has 1 saturated heterocycles. The summed E-state index contributed by atoms with van der Waals surface area (Å²) in [7, 11) is 1.49. The number of carbonyl (C=O) groups is 1. The van der Waals surface area contributed by atoms with Crippen LogP contribution in [-0.2, 0) is 0 Å². The Morgan fingerprint density at radius 2 is 2.10 bits per heavy atom. The molecule has 2 aromatic heterocycles. The molecule has 0 spiro atoms. The highest BCUT2D eigenvalue weighted by Crippen LogP contribution is 2.24. The number of piperidine rings is 1. The normalized spacial score (nSPS) is 15.9. The summed E-state index contributed by atoms with van der Waals surface area (Å²) in [6.45, 7) is 1.95. The van der Waals surface area contributed by atoms with Crippen LogP contribution in [0.4, 0.5) is 0 Å². The molecule has 6 heteroatoms. The zero-order valence-electron chi connectivity index (χ0n) is 12.0. The third-order valence-electron chi connectivity index (χ3n) is 3.79. The Hall–Kier alpha value is -2.21. The summed E-state index contributed by atoms with van der Waals surface area (Å²) in [5, 5.41) is 3.33. The van der Waals surface area contributed by atoms with Crippen LogP contribution in [0.5, 0.6) is 5.88 Å². The zero-order valence-corrected chi connectivity index (χ0v) is 12.0. The van der Waals surface area contributed by atoms with Gasteiger partial charge in [0, 0.05) is 24.6 Å². The Morgan fingerprint density at radius 1 is 1.33 bits per heavy atom. The van der Waals surface area contributed by atoms with E-state index in [0.717, 1.165) is 25.9 Å². The standard InChI is InChI=1S/C15H18N4O2/c1-21-15-13(17-8-9-18-15)14(20)12-3-2-10-19(12)11-4-6-16-7-5-11/h2-3,8-11,16H,4-7H2,1H3. The average Bonchev–Trinajstić information content (AvgIpc) is 3.04.